The van der Waals surface area contributed by atoms with Crippen molar-refractivity contribution in [1.29, 1.82) is 0 Å². The summed E-state index contributed by atoms with van der Waals surface area (Å²) in [7, 11) is 4.35. The molecular weight excluding hydrogens is 404 g/mol. The third-order valence-corrected chi connectivity index (χ3v) is 4.25. The van der Waals surface area contributed by atoms with Crippen LogP contribution in [0.3, 0.4) is 0 Å². The number of rotatable bonds is 11. The number of nitrogens with one attached hydrogen (secondary N) is 3. The van der Waals surface area contributed by atoms with Gasteiger partial charge in [-0.2, -0.15) is 0 Å². The molecule has 0 saturated heterocycles. The van der Waals surface area contributed by atoms with Gasteiger partial charge in [-0.05, 0) is 29.8 Å². The van der Waals surface area contributed by atoms with Crippen molar-refractivity contribution in [2.45, 2.75) is 13.0 Å². The minimum Gasteiger partial charge on any atom is -0.493 e. The van der Waals surface area contributed by atoms with Gasteiger partial charge in [0.05, 0.1) is 27.9 Å². The molecule has 10 nitrogen and oxygen atoms in total. The Morgan fingerprint density at radius 2 is 1.52 bits per heavy atom. The summed E-state index contributed by atoms with van der Waals surface area (Å²) in [5.74, 6) is -0.0734. The van der Waals surface area contributed by atoms with Gasteiger partial charge in [0.25, 0.3) is 5.91 Å². The highest BCUT2D eigenvalue weighted by molar-refractivity contribution is 5.97. The van der Waals surface area contributed by atoms with Crippen molar-refractivity contribution in [3.8, 4) is 17.2 Å². The molecule has 0 atom stereocenters. The Morgan fingerprint density at radius 3 is 2.10 bits per heavy atom. The van der Waals surface area contributed by atoms with E-state index in [1.54, 1.807) is 24.5 Å². The van der Waals surface area contributed by atoms with Gasteiger partial charge in [-0.1, -0.05) is 0 Å². The molecule has 2 aromatic rings. The molecule has 3 N–H and O–H groups in total. The summed E-state index contributed by atoms with van der Waals surface area (Å²) in [5, 5.41) is 7.86. The van der Waals surface area contributed by atoms with E-state index in [4.69, 9.17) is 14.2 Å². The Labute approximate surface area is 180 Å². The highest BCUT2D eigenvalue weighted by Gasteiger charge is 2.17. The number of carbonyl (C=O) groups excluding carboxylic acids is 3. The van der Waals surface area contributed by atoms with Crippen LogP contribution < -0.4 is 30.2 Å². The standard InChI is InChI=1S/C21H26N4O6/c1-29-16-10-15(11-17(30-2)20(16)31-3)21(28)25-13-19(27)23-9-6-18(26)24-12-14-4-7-22-8-5-14/h4-5,7-8,10-11H,6,9,12-13H2,1-3H3,(H,23,27)(H,24,26)(H,25,28). The Kier molecular flexibility index (Phi) is 9.09. The lowest BCUT2D eigenvalue weighted by Gasteiger charge is -2.14. The number of pyridine rings is 1. The second kappa shape index (κ2) is 12.0. The van der Waals surface area contributed by atoms with Crippen LogP contribution in [0, 0.1) is 0 Å². The lowest BCUT2D eigenvalue weighted by atomic mass is 10.1. The first-order chi connectivity index (χ1) is 15.0. The molecule has 0 saturated carbocycles. The zero-order valence-electron chi connectivity index (χ0n) is 17.7. The van der Waals surface area contributed by atoms with Crippen LogP contribution in [-0.2, 0) is 16.1 Å². The summed E-state index contributed by atoms with van der Waals surface area (Å²) < 4.78 is 15.6. The number of carbonyl (C=O) groups is 3. The summed E-state index contributed by atoms with van der Waals surface area (Å²) in [5.41, 5.74) is 1.18. The van der Waals surface area contributed by atoms with Gasteiger partial charge < -0.3 is 30.2 Å². The molecule has 0 aliphatic rings. The molecule has 0 bridgehead atoms. The fourth-order valence-corrected chi connectivity index (χ4v) is 2.64. The molecule has 0 fully saturated rings. The molecule has 0 radical (unpaired) electrons. The predicted octanol–water partition coefficient (Wildman–Crippen LogP) is 0.660. The van der Waals surface area contributed by atoms with Crippen molar-refractivity contribution in [3.63, 3.8) is 0 Å². The van der Waals surface area contributed by atoms with Crippen molar-refractivity contribution in [2.24, 2.45) is 0 Å². The molecule has 3 amide bonds. The minimum absolute atomic E-state index is 0.123. The van der Waals surface area contributed by atoms with Crippen LogP contribution in [0.4, 0.5) is 0 Å². The van der Waals surface area contributed by atoms with Gasteiger partial charge in [-0.15, -0.1) is 0 Å². The number of hydrogen-bond donors (Lipinski definition) is 3. The monoisotopic (exact) mass is 430 g/mol. The maximum atomic E-state index is 12.4. The molecule has 1 aromatic carbocycles. The molecule has 1 aromatic heterocycles. The zero-order valence-corrected chi connectivity index (χ0v) is 17.7. The Morgan fingerprint density at radius 1 is 0.871 bits per heavy atom. The van der Waals surface area contributed by atoms with E-state index in [1.165, 1.54) is 33.5 Å². The second-order valence-electron chi connectivity index (χ2n) is 6.33. The molecule has 2 rings (SSSR count). The smallest absolute Gasteiger partial charge is 0.251 e. The molecule has 0 aliphatic carbocycles. The molecule has 0 aliphatic heterocycles. The van der Waals surface area contributed by atoms with E-state index in [1.807, 2.05) is 0 Å². The van der Waals surface area contributed by atoms with Crippen LogP contribution in [-0.4, -0.2) is 57.1 Å². The number of aromatic nitrogens is 1. The number of hydrogen-bond acceptors (Lipinski definition) is 7. The van der Waals surface area contributed by atoms with E-state index < -0.39 is 11.8 Å². The summed E-state index contributed by atoms with van der Waals surface area (Å²) in [6, 6.07) is 6.58. The Balaban J connectivity index is 1.75. The van der Waals surface area contributed by atoms with Crippen molar-refractivity contribution >= 4 is 17.7 Å². The highest BCUT2D eigenvalue weighted by Crippen LogP contribution is 2.38. The van der Waals surface area contributed by atoms with E-state index in [0.717, 1.165) is 5.56 Å². The van der Waals surface area contributed by atoms with Crippen molar-refractivity contribution in [2.75, 3.05) is 34.4 Å². The quantitative estimate of drug-likeness (QED) is 0.478. The van der Waals surface area contributed by atoms with E-state index in [0.29, 0.717) is 23.8 Å². The van der Waals surface area contributed by atoms with E-state index in [-0.39, 0.29) is 31.0 Å². The van der Waals surface area contributed by atoms with E-state index in [9.17, 15) is 14.4 Å². The molecule has 166 valence electrons. The van der Waals surface area contributed by atoms with Crippen molar-refractivity contribution in [3.05, 3.63) is 47.8 Å². The summed E-state index contributed by atoms with van der Waals surface area (Å²) in [6.45, 7) is 0.301. The third kappa shape index (κ3) is 7.18. The summed E-state index contributed by atoms with van der Waals surface area (Å²) >= 11 is 0. The normalized spacial score (nSPS) is 10.0. The largest absolute Gasteiger partial charge is 0.493 e. The first kappa shape index (κ1) is 23.5. The number of amides is 3. The minimum atomic E-state index is -0.482. The van der Waals surface area contributed by atoms with Gasteiger partial charge >= 0.3 is 0 Å². The van der Waals surface area contributed by atoms with Crippen molar-refractivity contribution < 1.29 is 28.6 Å². The van der Waals surface area contributed by atoms with Crippen LogP contribution >= 0.6 is 0 Å². The number of ether oxygens (including phenoxy) is 3. The molecule has 0 spiro atoms. The zero-order chi connectivity index (χ0) is 22.6. The van der Waals surface area contributed by atoms with Crippen LogP contribution in [0.15, 0.2) is 36.7 Å². The summed E-state index contributed by atoms with van der Waals surface area (Å²) in [6.07, 6.45) is 3.42. The molecule has 31 heavy (non-hydrogen) atoms. The SMILES string of the molecule is COc1cc(C(=O)NCC(=O)NCCC(=O)NCc2ccncc2)cc(OC)c1OC. The number of benzene rings is 1. The average molecular weight is 430 g/mol. The first-order valence-corrected chi connectivity index (χ1v) is 9.49. The number of nitrogens with zero attached hydrogens (tertiary/aromatic N) is 1. The first-order valence-electron chi connectivity index (χ1n) is 9.49. The van der Waals surface area contributed by atoms with Crippen LogP contribution in [0.2, 0.25) is 0 Å². The van der Waals surface area contributed by atoms with Gasteiger partial charge in [0.15, 0.2) is 11.5 Å². The van der Waals surface area contributed by atoms with E-state index >= 15 is 0 Å². The topological polar surface area (TPSA) is 128 Å². The van der Waals surface area contributed by atoms with Gasteiger partial charge in [-0.3, -0.25) is 19.4 Å². The van der Waals surface area contributed by atoms with Crippen molar-refractivity contribution in [1.82, 2.24) is 20.9 Å². The molecule has 10 heteroatoms. The second-order valence-corrected chi connectivity index (χ2v) is 6.33. The molecule has 0 unspecified atom stereocenters. The maximum absolute atomic E-state index is 12.4. The van der Waals surface area contributed by atoms with E-state index in [2.05, 4.69) is 20.9 Å². The molecule has 1 heterocycles. The van der Waals surface area contributed by atoms with Crippen LogP contribution in [0.5, 0.6) is 17.2 Å². The summed E-state index contributed by atoms with van der Waals surface area (Å²) in [4.78, 5) is 40.1. The fraction of sp³-hybridized carbons (Fsp3) is 0.333. The number of methoxy groups -OCH3 is 3. The third-order valence-electron chi connectivity index (χ3n) is 4.25. The Hall–Kier alpha value is -3.82. The lowest BCUT2D eigenvalue weighted by molar-refractivity contribution is -0.122. The Bertz CT molecular complexity index is 879. The van der Waals surface area contributed by atoms with Gasteiger partial charge in [-0.25, -0.2) is 0 Å². The highest BCUT2D eigenvalue weighted by atomic mass is 16.5. The van der Waals surface area contributed by atoms with Gasteiger partial charge in [0.2, 0.25) is 17.6 Å². The van der Waals surface area contributed by atoms with Crippen LogP contribution in [0.1, 0.15) is 22.3 Å². The average Bonchev–Trinajstić information content (AvgIpc) is 2.80. The van der Waals surface area contributed by atoms with Gasteiger partial charge in [0.1, 0.15) is 0 Å². The van der Waals surface area contributed by atoms with Crippen LogP contribution in [0.25, 0.3) is 0 Å². The maximum Gasteiger partial charge on any atom is 0.251 e. The lowest BCUT2D eigenvalue weighted by Crippen LogP contribution is -2.38. The molecular formula is C21H26N4O6. The van der Waals surface area contributed by atoms with Gasteiger partial charge in [0, 0.05) is 37.5 Å². The fourth-order valence-electron chi connectivity index (χ4n) is 2.64. The predicted molar refractivity (Wildman–Crippen MR) is 112 cm³/mol.